The molecule has 0 aliphatic carbocycles. The van der Waals surface area contributed by atoms with Crippen molar-refractivity contribution < 1.29 is 9.84 Å². The summed E-state index contributed by atoms with van der Waals surface area (Å²) in [7, 11) is 0. The van der Waals surface area contributed by atoms with Gasteiger partial charge in [0.1, 0.15) is 0 Å². The van der Waals surface area contributed by atoms with Gasteiger partial charge in [0.05, 0.1) is 18.8 Å². The van der Waals surface area contributed by atoms with E-state index in [0.29, 0.717) is 6.54 Å². The number of rotatable bonds is 4. The summed E-state index contributed by atoms with van der Waals surface area (Å²) in [6, 6.07) is 0. The van der Waals surface area contributed by atoms with Crippen molar-refractivity contribution in [2.45, 2.75) is 18.9 Å². The van der Waals surface area contributed by atoms with Gasteiger partial charge in [0.2, 0.25) is 0 Å². The highest BCUT2D eigenvalue weighted by molar-refractivity contribution is 4.75. The molecule has 0 radical (unpaired) electrons. The van der Waals surface area contributed by atoms with E-state index >= 15 is 0 Å². The first-order chi connectivity index (χ1) is 6.14. The van der Waals surface area contributed by atoms with E-state index < -0.39 is 5.60 Å². The van der Waals surface area contributed by atoms with Crippen molar-refractivity contribution in [2.24, 2.45) is 5.73 Å². The summed E-state index contributed by atoms with van der Waals surface area (Å²) in [6.07, 6.45) is 0.740. The molecule has 0 aromatic carbocycles. The average Bonchev–Trinajstić information content (AvgIpc) is 2.17. The van der Waals surface area contributed by atoms with Gasteiger partial charge in [-0.15, -0.1) is 0 Å². The number of nitrogens with two attached hydrogens (primary N) is 1. The first kappa shape index (κ1) is 10.9. The molecule has 0 amide bonds. The monoisotopic (exact) mass is 188 g/mol. The Morgan fingerprint density at radius 2 is 2.08 bits per heavy atom. The van der Waals surface area contributed by atoms with Crippen LogP contribution in [0.1, 0.15) is 13.3 Å². The van der Waals surface area contributed by atoms with Crippen molar-refractivity contribution >= 4 is 0 Å². The molecule has 4 heteroatoms. The maximum absolute atomic E-state index is 9.67. The lowest BCUT2D eigenvalue weighted by atomic mass is 10.0. The van der Waals surface area contributed by atoms with Gasteiger partial charge < -0.3 is 15.6 Å². The van der Waals surface area contributed by atoms with Gasteiger partial charge in [0.15, 0.2) is 0 Å². The second kappa shape index (κ2) is 4.91. The molecule has 1 rings (SSSR count). The van der Waals surface area contributed by atoms with E-state index in [-0.39, 0.29) is 0 Å². The SMILES string of the molecule is CC(O)(CN)CCN1CCOCC1. The summed E-state index contributed by atoms with van der Waals surface area (Å²) in [5.41, 5.74) is 4.72. The zero-order chi connectivity index (χ0) is 9.73. The Balaban J connectivity index is 2.17. The summed E-state index contributed by atoms with van der Waals surface area (Å²) in [5.74, 6) is 0. The van der Waals surface area contributed by atoms with Crippen molar-refractivity contribution in [2.75, 3.05) is 39.4 Å². The lowest BCUT2D eigenvalue weighted by Gasteiger charge is -2.30. The Morgan fingerprint density at radius 1 is 1.46 bits per heavy atom. The topological polar surface area (TPSA) is 58.7 Å². The van der Waals surface area contributed by atoms with Crippen LogP contribution in [0, 0.1) is 0 Å². The number of ether oxygens (including phenoxy) is 1. The summed E-state index contributed by atoms with van der Waals surface area (Å²) in [5, 5.41) is 9.67. The molecule has 0 aromatic rings. The minimum absolute atomic E-state index is 0.331. The van der Waals surface area contributed by atoms with Gasteiger partial charge in [-0.25, -0.2) is 0 Å². The molecule has 3 N–H and O–H groups in total. The highest BCUT2D eigenvalue weighted by Gasteiger charge is 2.20. The van der Waals surface area contributed by atoms with Crippen LogP contribution in [0.15, 0.2) is 0 Å². The van der Waals surface area contributed by atoms with Crippen molar-refractivity contribution in [3.05, 3.63) is 0 Å². The molecule has 0 bridgehead atoms. The number of aliphatic hydroxyl groups is 1. The third-order valence-corrected chi connectivity index (χ3v) is 2.51. The zero-order valence-corrected chi connectivity index (χ0v) is 8.33. The Bertz CT molecular complexity index is 145. The molecule has 1 aliphatic rings. The summed E-state index contributed by atoms with van der Waals surface area (Å²) in [6.45, 7) is 6.59. The number of nitrogens with zero attached hydrogens (tertiary/aromatic N) is 1. The Hall–Kier alpha value is -0.160. The smallest absolute Gasteiger partial charge is 0.0753 e. The van der Waals surface area contributed by atoms with Crippen LogP contribution in [0.25, 0.3) is 0 Å². The molecule has 1 heterocycles. The molecule has 78 valence electrons. The molecular weight excluding hydrogens is 168 g/mol. The van der Waals surface area contributed by atoms with E-state index in [1.54, 1.807) is 6.92 Å². The fourth-order valence-electron chi connectivity index (χ4n) is 1.33. The molecule has 1 aliphatic heterocycles. The summed E-state index contributed by atoms with van der Waals surface area (Å²) >= 11 is 0. The third-order valence-electron chi connectivity index (χ3n) is 2.51. The predicted molar refractivity (Wildman–Crippen MR) is 51.6 cm³/mol. The fourth-order valence-corrected chi connectivity index (χ4v) is 1.33. The number of morpholine rings is 1. The second-order valence-corrected chi connectivity index (χ2v) is 3.91. The second-order valence-electron chi connectivity index (χ2n) is 3.91. The first-order valence-electron chi connectivity index (χ1n) is 4.86. The van der Waals surface area contributed by atoms with Crippen LogP contribution in [-0.4, -0.2) is 55.0 Å². The van der Waals surface area contributed by atoms with E-state index in [1.807, 2.05) is 0 Å². The molecule has 1 unspecified atom stereocenters. The fraction of sp³-hybridized carbons (Fsp3) is 1.00. The van der Waals surface area contributed by atoms with Crippen LogP contribution in [0.4, 0.5) is 0 Å². The van der Waals surface area contributed by atoms with E-state index in [4.69, 9.17) is 10.5 Å². The van der Waals surface area contributed by atoms with Gasteiger partial charge in [-0.2, -0.15) is 0 Å². The zero-order valence-electron chi connectivity index (χ0n) is 8.33. The molecule has 1 atom stereocenters. The molecule has 1 fully saturated rings. The van der Waals surface area contributed by atoms with Crippen LogP contribution >= 0.6 is 0 Å². The van der Waals surface area contributed by atoms with Gasteiger partial charge in [-0.3, -0.25) is 4.90 Å². The van der Waals surface area contributed by atoms with Gasteiger partial charge in [-0.05, 0) is 13.3 Å². The van der Waals surface area contributed by atoms with Gasteiger partial charge in [-0.1, -0.05) is 0 Å². The van der Waals surface area contributed by atoms with Crippen LogP contribution in [0.2, 0.25) is 0 Å². The van der Waals surface area contributed by atoms with Crippen molar-refractivity contribution in [1.29, 1.82) is 0 Å². The molecule has 13 heavy (non-hydrogen) atoms. The third kappa shape index (κ3) is 4.04. The van der Waals surface area contributed by atoms with E-state index in [0.717, 1.165) is 39.3 Å². The number of hydrogen-bond donors (Lipinski definition) is 2. The average molecular weight is 188 g/mol. The molecule has 4 nitrogen and oxygen atoms in total. The normalized spacial score (nSPS) is 24.2. The van der Waals surface area contributed by atoms with Crippen LogP contribution < -0.4 is 5.73 Å². The highest BCUT2D eigenvalue weighted by Crippen LogP contribution is 2.08. The van der Waals surface area contributed by atoms with Gasteiger partial charge >= 0.3 is 0 Å². The van der Waals surface area contributed by atoms with Gasteiger partial charge in [0, 0.05) is 26.2 Å². The maximum Gasteiger partial charge on any atom is 0.0753 e. The quantitative estimate of drug-likeness (QED) is 0.619. The highest BCUT2D eigenvalue weighted by atomic mass is 16.5. The van der Waals surface area contributed by atoms with Crippen molar-refractivity contribution in [1.82, 2.24) is 4.90 Å². The first-order valence-corrected chi connectivity index (χ1v) is 4.86. The Morgan fingerprint density at radius 3 is 2.62 bits per heavy atom. The lowest BCUT2D eigenvalue weighted by Crippen LogP contribution is -2.42. The summed E-state index contributed by atoms with van der Waals surface area (Å²) < 4.78 is 5.23. The van der Waals surface area contributed by atoms with Gasteiger partial charge in [0.25, 0.3) is 0 Å². The predicted octanol–water partition coefficient (Wildman–Crippen LogP) is -0.582. The van der Waals surface area contributed by atoms with Crippen LogP contribution in [0.3, 0.4) is 0 Å². The Kier molecular flexibility index (Phi) is 4.12. The number of hydrogen-bond acceptors (Lipinski definition) is 4. The van der Waals surface area contributed by atoms with E-state index in [2.05, 4.69) is 4.90 Å². The summed E-state index contributed by atoms with van der Waals surface area (Å²) in [4.78, 5) is 2.30. The standard InChI is InChI=1S/C9H20N2O2/c1-9(12,8-10)2-3-11-4-6-13-7-5-11/h12H,2-8,10H2,1H3. The minimum atomic E-state index is -0.710. The maximum atomic E-state index is 9.67. The molecule has 0 saturated carbocycles. The van der Waals surface area contributed by atoms with Crippen molar-refractivity contribution in [3.8, 4) is 0 Å². The van der Waals surface area contributed by atoms with E-state index in [1.165, 1.54) is 0 Å². The minimum Gasteiger partial charge on any atom is -0.389 e. The van der Waals surface area contributed by atoms with Crippen LogP contribution in [0.5, 0.6) is 0 Å². The molecule has 1 saturated heterocycles. The molecule has 0 spiro atoms. The lowest BCUT2D eigenvalue weighted by molar-refractivity contribution is 0.0112. The van der Waals surface area contributed by atoms with Crippen molar-refractivity contribution in [3.63, 3.8) is 0 Å². The van der Waals surface area contributed by atoms with E-state index in [9.17, 15) is 5.11 Å². The molecule has 0 aromatic heterocycles. The Labute approximate surface area is 79.7 Å². The largest absolute Gasteiger partial charge is 0.389 e. The van der Waals surface area contributed by atoms with Crippen LogP contribution in [-0.2, 0) is 4.74 Å². The molecular formula is C9H20N2O2.